The lowest BCUT2D eigenvalue weighted by molar-refractivity contribution is -0.137. The molecule has 0 saturated carbocycles. The lowest BCUT2D eigenvalue weighted by Gasteiger charge is -2.33. The van der Waals surface area contributed by atoms with E-state index < -0.39 is 11.7 Å². The minimum atomic E-state index is -4.32. The first-order valence-corrected chi connectivity index (χ1v) is 9.30. The topological polar surface area (TPSA) is 23.6 Å². The van der Waals surface area contributed by atoms with Gasteiger partial charge in [-0.2, -0.15) is 13.2 Å². The summed E-state index contributed by atoms with van der Waals surface area (Å²) >= 11 is 1.60. The first-order chi connectivity index (χ1) is 11.4. The quantitative estimate of drug-likeness (QED) is 0.812. The van der Waals surface area contributed by atoms with E-state index in [-0.39, 0.29) is 5.91 Å². The highest BCUT2D eigenvalue weighted by Crippen LogP contribution is 2.39. The summed E-state index contributed by atoms with van der Waals surface area (Å²) in [6.07, 6.45) is -0.899. The van der Waals surface area contributed by atoms with Crippen LogP contribution in [0.2, 0.25) is 0 Å². The summed E-state index contributed by atoms with van der Waals surface area (Å²) in [4.78, 5) is 16.6. The van der Waals surface area contributed by atoms with E-state index in [0.29, 0.717) is 25.2 Å². The molecule has 3 nitrogen and oxygen atoms in total. The molecular formula is C17H21F3N2OS. The normalized spacial score (nSPS) is 18.7. The monoisotopic (exact) mass is 358 g/mol. The van der Waals surface area contributed by atoms with Gasteiger partial charge in [-0.15, -0.1) is 11.8 Å². The Morgan fingerprint density at radius 2 is 1.88 bits per heavy atom. The first kappa shape index (κ1) is 17.5. The van der Waals surface area contributed by atoms with E-state index in [2.05, 4.69) is 0 Å². The number of amides is 1. The number of alkyl halides is 3. The first-order valence-electron chi connectivity index (χ1n) is 8.32. The third-order valence-corrected chi connectivity index (χ3v) is 5.57. The number of nitrogens with zero attached hydrogens (tertiary/aromatic N) is 2. The number of hydrogen-bond donors (Lipinski definition) is 0. The van der Waals surface area contributed by atoms with Crippen LogP contribution in [0.5, 0.6) is 0 Å². The molecule has 1 amide bonds. The predicted octanol–water partition coefficient (Wildman–Crippen LogP) is 4.02. The second-order valence-corrected chi connectivity index (χ2v) is 7.34. The van der Waals surface area contributed by atoms with Crippen molar-refractivity contribution in [3.63, 3.8) is 0 Å². The molecule has 1 aromatic carbocycles. The van der Waals surface area contributed by atoms with Crippen molar-refractivity contribution >= 4 is 23.4 Å². The van der Waals surface area contributed by atoms with E-state index in [4.69, 9.17) is 0 Å². The second kappa shape index (κ2) is 7.25. The molecule has 0 N–H and O–H groups in total. The number of piperidine rings is 1. The van der Waals surface area contributed by atoms with Crippen LogP contribution in [-0.4, -0.2) is 42.7 Å². The Bertz CT molecular complexity index is 606. The van der Waals surface area contributed by atoms with Crippen LogP contribution < -0.4 is 4.90 Å². The van der Waals surface area contributed by atoms with Crippen molar-refractivity contribution in [2.45, 2.75) is 36.8 Å². The van der Waals surface area contributed by atoms with Crippen molar-refractivity contribution in [2.75, 3.05) is 36.8 Å². The van der Waals surface area contributed by atoms with Gasteiger partial charge in [-0.1, -0.05) is 0 Å². The van der Waals surface area contributed by atoms with E-state index in [0.717, 1.165) is 49.1 Å². The molecule has 0 aliphatic carbocycles. The number of halogens is 3. The molecule has 1 fully saturated rings. The number of benzene rings is 1. The van der Waals surface area contributed by atoms with Crippen LogP contribution >= 0.6 is 11.8 Å². The van der Waals surface area contributed by atoms with Crippen LogP contribution in [0, 0.1) is 0 Å². The van der Waals surface area contributed by atoms with Gasteiger partial charge in [-0.3, -0.25) is 4.79 Å². The lowest BCUT2D eigenvalue weighted by atomic mass is 10.1. The van der Waals surface area contributed by atoms with Gasteiger partial charge in [0.15, 0.2) is 0 Å². The average Bonchev–Trinajstić information content (AvgIpc) is 2.55. The van der Waals surface area contributed by atoms with E-state index in [9.17, 15) is 18.0 Å². The molecule has 1 aromatic rings. The van der Waals surface area contributed by atoms with Crippen molar-refractivity contribution in [2.24, 2.45) is 0 Å². The molecule has 2 heterocycles. The van der Waals surface area contributed by atoms with Gasteiger partial charge in [0, 0.05) is 43.2 Å². The highest BCUT2D eigenvalue weighted by Gasteiger charge is 2.32. The molecule has 24 heavy (non-hydrogen) atoms. The molecule has 2 aliphatic heterocycles. The molecule has 2 aliphatic rings. The smallest absolute Gasteiger partial charge is 0.370 e. The summed E-state index contributed by atoms with van der Waals surface area (Å²) in [5, 5.41) is 0. The van der Waals surface area contributed by atoms with Crippen molar-refractivity contribution in [1.29, 1.82) is 0 Å². The van der Waals surface area contributed by atoms with Gasteiger partial charge in [0.2, 0.25) is 5.91 Å². The number of hydrogen-bond acceptors (Lipinski definition) is 3. The standard InChI is InChI=1S/C17H21F3N2OS/c18-17(19,20)13-5-6-15-14(12-13)21(10-11-24-15)8-3-9-22-7-2-1-4-16(22)23/h5-6,12H,1-4,7-11H2. The Kier molecular flexibility index (Phi) is 5.27. The maximum atomic E-state index is 13.0. The molecule has 0 bridgehead atoms. The minimum Gasteiger partial charge on any atom is -0.370 e. The Labute approximate surface area is 144 Å². The zero-order valence-electron chi connectivity index (χ0n) is 13.4. The SMILES string of the molecule is O=C1CCCCN1CCCN1CCSc2ccc(C(F)(F)F)cc21. The molecule has 132 valence electrons. The largest absolute Gasteiger partial charge is 0.416 e. The minimum absolute atomic E-state index is 0.204. The van der Waals surface area contributed by atoms with Crippen molar-refractivity contribution in [3.8, 4) is 0 Å². The number of likely N-dealkylation sites (tertiary alicyclic amines) is 1. The number of carbonyl (C=O) groups is 1. The molecule has 7 heteroatoms. The van der Waals surface area contributed by atoms with E-state index in [1.165, 1.54) is 6.07 Å². The second-order valence-electron chi connectivity index (χ2n) is 6.21. The Morgan fingerprint density at radius 1 is 1.08 bits per heavy atom. The van der Waals surface area contributed by atoms with E-state index >= 15 is 0 Å². The van der Waals surface area contributed by atoms with Crippen molar-refractivity contribution in [3.05, 3.63) is 23.8 Å². The van der Waals surface area contributed by atoms with E-state index in [1.807, 2.05) is 9.80 Å². The van der Waals surface area contributed by atoms with Gasteiger partial charge >= 0.3 is 6.18 Å². The molecular weight excluding hydrogens is 337 g/mol. The number of carbonyl (C=O) groups excluding carboxylic acids is 1. The molecule has 1 saturated heterocycles. The zero-order chi connectivity index (χ0) is 17.2. The Morgan fingerprint density at radius 3 is 2.62 bits per heavy atom. The number of rotatable bonds is 4. The van der Waals surface area contributed by atoms with Gasteiger partial charge in [0.1, 0.15) is 0 Å². The summed E-state index contributed by atoms with van der Waals surface area (Å²) in [6.45, 7) is 2.92. The summed E-state index contributed by atoms with van der Waals surface area (Å²) in [7, 11) is 0. The highest BCUT2D eigenvalue weighted by atomic mass is 32.2. The predicted molar refractivity (Wildman–Crippen MR) is 89.4 cm³/mol. The lowest BCUT2D eigenvalue weighted by Crippen LogP contribution is -2.38. The van der Waals surface area contributed by atoms with Crippen LogP contribution in [0.1, 0.15) is 31.2 Å². The van der Waals surface area contributed by atoms with Crippen molar-refractivity contribution < 1.29 is 18.0 Å². The third-order valence-electron chi connectivity index (χ3n) is 4.52. The summed E-state index contributed by atoms with van der Waals surface area (Å²) < 4.78 is 38.9. The highest BCUT2D eigenvalue weighted by molar-refractivity contribution is 7.99. The summed E-state index contributed by atoms with van der Waals surface area (Å²) in [6, 6.07) is 3.98. The summed E-state index contributed by atoms with van der Waals surface area (Å²) in [5.74, 6) is 1.08. The van der Waals surface area contributed by atoms with Gasteiger partial charge in [-0.05, 0) is 37.5 Å². The van der Waals surface area contributed by atoms with Crippen LogP contribution in [0.4, 0.5) is 18.9 Å². The Balaban J connectivity index is 1.64. The fourth-order valence-electron chi connectivity index (χ4n) is 3.23. The van der Waals surface area contributed by atoms with Gasteiger partial charge in [-0.25, -0.2) is 0 Å². The fourth-order valence-corrected chi connectivity index (χ4v) is 4.26. The molecule has 0 unspecified atom stereocenters. The van der Waals surface area contributed by atoms with Crippen LogP contribution in [0.15, 0.2) is 23.1 Å². The summed E-state index contributed by atoms with van der Waals surface area (Å²) in [5.41, 5.74) is 0.0750. The molecule has 0 aromatic heterocycles. The number of fused-ring (bicyclic) bond motifs is 1. The number of anilines is 1. The molecule has 3 rings (SSSR count). The molecule has 0 atom stereocenters. The van der Waals surface area contributed by atoms with Crippen LogP contribution in [0.3, 0.4) is 0 Å². The molecule has 0 spiro atoms. The molecule has 0 radical (unpaired) electrons. The van der Waals surface area contributed by atoms with Gasteiger partial charge < -0.3 is 9.80 Å². The van der Waals surface area contributed by atoms with Gasteiger partial charge in [0.25, 0.3) is 0 Å². The van der Waals surface area contributed by atoms with E-state index in [1.54, 1.807) is 17.8 Å². The fraction of sp³-hybridized carbons (Fsp3) is 0.588. The van der Waals surface area contributed by atoms with Crippen molar-refractivity contribution in [1.82, 2.24) is 4.90 Å². The zero-order valence-corrected chi connectivity index (χ0v) is 14.3. The Hall–Kier alpha value is -1.37. The average molecular weight is 358 g/mol. The maximum absolute atomic E-state index is 13.0. The maximum Gasteiger partial charge on any atom is 0.416 e. The van der Waals surface area contributed by atoms with Crippen LogP contribution in [-0.2, 0) is 11.0 Å². The van der Waals surface area contributed by atoms with Crippen LogP contribution in [0.25, 0.3) is 0 Å². The number of thioether (sulfide) groups is 1. The van der Waals surface area contributed by atoms with Gasteiger partial charge in [0.05, 0.1) is 11.3 Å². The third kappa shape index (κ3) is 3.99.